The molecule has 0 saturated heterocycles. The average Bonchev–Trinajstić information content (AvgIpc) is 2.47. The number of phenolic OH excluding ortho intramolecular Hbond substituents is 1. The van der Waals surface area contributed by atoms with Crippen LogP contribution in [0.15, 0.2) is 47.4 Å². The van der Waals surface area contributed by atoms with Crippen LogP contribution in [0, 0.1) is 5.82 Å². The Labute approximate surface area is 135 Å². The van der Waals surface area contributed by atoms with Crippen molar-refractivity contribution >= 4 is 15.7 Å². The second-order valence-electron chi connectivity index (χ2n) is 5.25. The quantitative estimate of drug-likeness (QED) is 0.909. The van der Waals surface area contributed by atoms with Gasteiger partial charge in [0, 0.05) is 13.1 Å². The third kappa shape index (κ3) is 3.73. The van der Waals surface area contributed by atoms with Gasteiger partial charge in [-0.25, -0.2) is 12.8 Å². The summed E-state index contributed by atoms with van der Waals surface area (Å²) in [5.41, 5.74) is 0.254. The van der Waals surface area contributed by atoms with E-state index in [4.69, 9.17) is 4.74 Å². The summed E-state index contributed by atoms with van der Waals surface area (Å²) in [6, 6.07) is 9.14. The molecule has 0 fully saturated rings. The van der Waals surface area contributed by atoms with E-state index in [-0.39, 0.29) is 28.2 Å². The maximum Gasteiger partial charge on any atom is 0.267 e. The molecular formula is C16H18FNO4S. The molecule has 2 aromatic rings. The van der Waals surface area contributed by atoms with E-state index >= 15 is 0 Å². The van der Waals surface area contributed by atoms with Crippen molar-refractivity contribution in [1.29, 1.82) is 0 Å². The average molecular weight is 339 g/mol. The Bertz CT molecular complexity index is 805. The molecule has 0 saturated carbocycles. The van der Waals surface area contributed by atoms with Gasteiger partial charge in [-0.05, 0) is 44.2 Å². The molecule has 0 aliphatic carbocycles. The lowest BCUT2D eigenvalue weighted by Gasteiger charge is -2.22. The summed E-state index contributed by atoms with van der Waals surface area (Å²) in [6.07, 6.45) is -0.263. The number of aromatic hydroxyl groups is 1. The number of phenols is 1. The molecule has 2 aromatic carbocycles. The maximum atomic E-state index is 13.6. The van der Waals surface area contributed by atoms with Crippen molar-refractivity contribution in [1.82, 2.24) is 0 Å². The Morgan fingerprint density at radius 2 is 1.87 bits per heavy atom. The summed E-state index contributed by atoms with van der Waals surface area (Å²) in [6.45, 7) is 3.50. The molecule has 5 nitrogen and oxygen atoms in total. The first-order valence-corrected chi connectivity index (χ1v) is 8.40. The Hall–Kier alpha value is -2.28. The van der Waals surface area contributed by atoms with E-state index in [1.807, 2.05) is 0 Å². The number of halogens is 1. The molecule has 1 N–H and O–H groups in total. The lowest BCUT2D eigenvalue weighted by atomic mass is 10.3. The van der Waals surface area contributed by atoms with Crippen LogP contribution in [0.25, 0.3) is 0 Å². The van der Waals surface area contributed by atoms with Crippen molar-refractivity contribution in [2.24, 2.45) is 0 Å². The first-order valence-electron chi connectivity index (χ1n) is 6.96. The normalized spacial score (nSPS) is 11.5. The minimum Gasteiger partial charge on any atom is -0.508 e. The molecule has 0 aliphatic heterocycles. The molecule has 0 radical (unpaired) electrons. The number of sulfonamides is 1. The summed E-state index contributed by atoms with van der Waals surface area (Å²) in [5.74, 6) is -0.667. The van der Waals surface area contributed by atoms with Crippen LogP contribution < -0.4 is 9.04 Å². The maximum absolute atomic E-state index is 13.6. The van der Waals surface area contributed by atoms with Gasteiger partial charge in [-0.1, -0.05) is 6.07 Å². The zero-order chi connectivity index (χ0) is 17.2. The van der Waals surface area contributed by atoms with Crippen molar-refractivity contribution in [2.45, 2.75) is 24.8 Å². The minimum atomic E-state index is -4.05. The van der Waals surface area contributed by atoms with E-state index in [0.29, 0.717) is 0 Å². The minimum absolute atomic E-state index is 0.0672. The predicted molar refractivity (Wildman–Crippen MR) is 85.9 cm³/mol. The number of anilines is 1. The van der Waals surface area contributed by atoms with Gasteiger partial charge in [0.25, 0.3) is 10.0 Å². The van der Waals surface area contributed by atoms with Gasteiger partial charge < -0.3 is 9.84 Å². The topological polar surface area (TPSA) is 66.8 Å². The highest BCUT2D eigenvalue weighted by atomic mass is 32.2. The molecule has 0 amide bonds. The lowest BCUT2D eigenvalue weighted by molar-refractivity contribution is 0.235. The van der Waals surface area contributed by atoms with E-state index < -0.39 is 15.8 Å². The highest BCUT2D eigenvalue weighted by Crippen LogP contribution is 2.31. The molecular weight excluding hydrogens is 321 g/mol. The molecule has 0 aliphatic rings. The molecule has 0 unspecified atom stereocenters. The van der Waals surface area contributed by atoms with E-state index in [2.05, 4.69) is 0 Å². The Balaban J connectivity index is 2.52. The predicted octanol–water partition coefficient (Wildman–Crippen LogP) is 3.14. The summed E-state index contributed by atoms with van der Waals surface area (Å²) >= 11 is 0. The summed E-state index contributed by atoms with van der Waals surface area (Å²) in [7, 11) is -2.72. The second kappa shape index (κ2) is 6.45. The van der Waals surface area contributed by atoms with E-state index in [9.17, 15) is 17.9 Å². The zero-order valence-electron chi connectivity index (χ0n) is 13.0. The fraction of sp³-hybridized carbons (Fsp3) is 0.250. The summed E-state index contributed by atoms with van der Waals surface area (Å²) in [4.78, 5) is -0.267. The van der Waals surface area contributed by atoms with Crippen LogP contribution in [0.4, 0.5) is 10.1 Å². The van der Waals surface area contributed by atoms with Gasteiger partial charge in [-0.2, -0.15) is 0 Å². The Morgan fingerprint density at radius 1 is 1.17 bits per heavy atom. The Morgan fingerprint density at radius 3 is 2.48 bits per heavy atom. The van der Waals surface area contributed by atoms with Crippen molar-refractivity contribution < 1.29 is 22.7 Å². The molecule has 23 heavy (non-hydrogen) atoms. The number of ether oxygens (including phenoxy) is 1. The van der Waals surface area contributed by atoms with E-state index in [0.717, 1.165) is 16.4 Å². The van der Waals surface area contributed by atoms with Crippen LogP contribution in [0.2, 0.25) is 0 Å². The van der Waals surface area contributed by atoms with Gasteiger partial charge in [-0.3, -0.25) is 4.31 Å². The molecule has 7 heteroatoms. The first-order chi connectivity index (χ1) is 10.7. The van der Waals surface area contributed by atoms with Crippen molar-refractivity contribution in [3.63, 3.8) is 0 Å². The van der Waals surface area contributed by atoms with E-state index in [1.54, 1.807) is 13.8 Å². The van der Waals surface area contributed by atoms with Gasteiger partial charge in [0.2, 0.25) is 0 Å². The molecule has 0 aromatic heterocycles. The molecule has 0 spiro atoms. The summed E-state index contributed by atoms with van der Waals surface area (Å²) < 4.78 is 45.6. The smallest absolute Gasteiger partial charge is 0.267 e. The largest absolute Gasteiger partial charge is 0.508 e. The zero-order valence-corrected chi connectivity index (χ0v) is 13.8. The second-order valence-corrected chi connectivity index (χ2v) is 7.19. The number of nitrogens with zero attached hydrogens (tertiary/aromatic N) is 1. The van der Waals surface area contributed by atoms with Crippen LogP contribution in [0.5, 0.6) is 11.5 Å². The van der Waals surface area contributed by atoms with Crippen LogP contribution in [-0.4, -0.2) is 26.7 Å². The van der Waals surface area contributed by atoms with Crippen molar-refractivity contribution in [3.8, 4) is 11.5 Å². The van der Waals surface area contributed by atoms with Crippen LogP contribution in [0.1, 0.15) is 13.8 Å². The highest BCUT2D eigenvalue weighted by molar-refractivity contribution is 7.92. The molecule has 0 heterocycles. The standard InChI is InChI=1S/C16H18FNO4S/c1-11(2)22-15-8-7-12(17)9-16(15)23(20,21)18(3)13-5-4-6-14(19)10-13/h4-11,19H,1-3H3. The fourth-order valence-corrected chi connectivity index (χ4v) is 3.33. The third-order valence-electron chi connectivity index (χ3n) is 3.10. The molecule has 0 atom stereocenters. The van der Waals surface area contributed by atoms with Gasteiger partial charge >= 0.3 is 0 Å². The highest BCUT2D eigenvalue weighted by Gasteiger charge is 2.26. The monoisotopic (exact) mass is 339 g/mol. The molecule has 124 valence electrons. The van der Waals surface area contributed by atoms with Crippen LogP contribution in [-0.2, 0) is 10.0 Å². The van der Waals surface area contributed by atoms with Gasteiger partial charge in [0.05, 0.1) is 11.8 Å². The van der Waals surface area contributed by atoms with Gasteiger partial charge in [-0.15, -0.1) is 0 Å². The Kier molecular flexibility index (Phi) is 4.79. The number of hydrogen-bond donors (Lipinski definition) is 1. The summed E-state index contributed by atoms with van der Waals surface area (Å²) in [5, 5.41) is 9.51. The number of benzene rings is 2. The molecule has 2 rings (SSSR count). The van der Waals surface area contributed by atoms with Gasteiger partial charge in [0.1, 0.15) is 22.2 Å². The van der Waals surface area contributed by atoms with Gasteiger partial charge in [0.15, 0.2) is 0 Å². The van der Waals surface area contributed by atoms with Crippen LogP contribution in [0.3, 0.4) is 0 Å². The SMILES string of the molecule is CC(C)Oc1ccc(F)cc1S(=O)(=O)N(C)c1cccc(O)c1. The lowest BCUT2D eigenvalue weighted by Crippen LogP contribution is -2.27. The third-order valence-corrected chi connectivity index (χ3v) is 4.91. The van der Waals surface area contributed by atoms with E-state index in [1.165, 1.54) is 37.4 Å². The first kappa shape index (κ1) is 17.1. The molecule has 0 bridgehead atoms. The number of rotatable bonds is 5. The van der Waals surface area contributed by atoms with Crippen molar-refractivity contribution in [3.05, 3.63) is 48.3 Å². The number of hydrogen-bond acceptors (Lipinski definition) is 4. The fourth-order valence-electron chi connectivity index (χ4n) is 2.01. The van der Waals surface area contributed by atoms with Crippen molar-refractivity contribution in [2.75, 3.05) is 11.4 Å². The van der Waals surface area contributed by atoms with Crippen LogP contribution >= 0.6 is 0 Å².